The van der Waals surface area contributed by atoms with Crippen LogP contribution in [-0.2, 0) is 4.79 Å². The van der Waals surface area contributed by atoms with Gasteiger partial charge in [-0.25, -0.2) is 0 Å². The number of likely N-dealkylation sites (tertiary alicyclic amines) is 1. The number of carbonyl (C=O) groups is 1. The van der Waals surface area contributed by atoms with Gasteiger partial charge < -0.3 is 10.2 Å². The molecular formula is C14H27N3O. The molecule has 0 bridgehead atoms. The van der Waals surface area contributed by atoms with Crippen LogP contribution in [0.25, 0.3) is 0 Å². The third-order valence-corrected chi connectivity index (χ3v) is 4.71. The Hall–Kier alpha value is -0.610. The minimum absolute atomic E-state index is 0.0415. The second-order valence-corrected chi connectivity index (χ2v) is 5.85. The van der Waals surface area contributed by atoms with Gasteiger partial charge in [-0.05, 0) is 32.6 Å². The summed E-state index contributed by atoms with van der Waals surface area (Å²) >= 11 is 0. The zero-order chi connectivity index (χ0) is 13.1. The summed E-state index contributed by atoms with van der Waals surface area (Å²) in [4.78, 5) is 17.0. The molecule has 1 amide bonds. The van der Waals surface area contributed by atoms with E-state index in [1.807, 2.05) is 0 Å². The van der Waals surface area contributed by atoms with Crippen LogP contribution in [0, 0.1) is 5.92 Å². The van der Waals surface area contributed by atoms with Crippen molar-refractivity contribution in [1.82, 2.24) is 15.1 Å². The molecule has 2 fully saturated rings. The van der Waals surface area contributed by atoms with Gasteiger partial charge in [-0.3, -0.25) is 9.69 Å². The Labute approximate surface area is 111 Å². The van der Waals surface area contributed by atoms with Crippen molar-refractivity contribution in [1.29, 1.82) is 0 Å². The number of nitrogens with zero attached hydrogens (tertiary/aromatic N) is 2. The van der Waals surface area contributed by atoms with E-state index in [2.05, 4.69) is 35.9 Å². The van der Waals surface area contributed by atoms with Gasteiger partial charge in [-0.15, -0.1) is 0 Å². The largest absolute Gasteiger partial charge is 0.338 e. The second-order valence-electron chi connectivity index (χ2n) is 5.85. The highest BCUT2D eigenvalue weighted by atomic mass is 16.2. The summed E-state index contributed by atoms with van der Waals surface area (Å²) in [6, 6.07) is 0.441. The van der Waals surface area contributed by atoms with Crippen LogP contribution in [-0.4, -0.2) is 60.5 Å². The Bertz CT molecular complexity index is 289. The number of amides is 1. The van der Waals surface area contributed by atoms with Crippen LogP contribution in [0.1, 0.15) is 33.6 Å². The van der Waals surface area contributed by atoms with Gasteiger partial charge in [0.2, 0.25) is 5.91 Å². The standard InChI is InChI=1S/C14H27N3O/c1-11-5-4-8-17(12(11)2)14(18)13(3)16-9-6-15-7-10-16/h11-13,15H,4-10H2,1-3H3. The topological polar surface area (TPSA) is 35.6 Å². The van der Waals surface area contributed by atoms with Gasteiger partial charge in [0.1, 0.15) is 0 Å². The first-order valence-corrected chi connectivity index (χ1v) is 7.36. The normalized spacial score (nSPS) is 32.3. The van der Waals surface area contributed by atoms with E-state index in [4.69, 9.17) is 0 Å². The number of rotatable bonds is 2. The first-order valence-electron chi connectivity index (χ1n) is 7.36. The maximum absolute atomic E-state index is 12.6. The van der Waals surface area contributed by atoms with Crippen molar-refractivity contribution in [3.63, 3.8) is 0 Å². The van der Waals surface area contributed by atoms with Crippen LogP contribution in [0.2, 0.25) is 0 Å². The Balaban J connectivity index is 1.96. The van der Waals surface area contributed by atoms with Gasteiger partial charge in [0.25, 0.3) is 0 Å². The zero-order valence-electron chi connectivity index (χ0n) is 12.0. The van der Waals surface area contributed by atoms with Crippen molar-refractivity contribution in [3.05, 3.63) is 0 Å². The fourth-order valence-electron chi connectivity index (χ4n) is 3.11. The SMILES string of the molecule is CC1CCCN(C(=O)C(C)N2CCNCC2)C1C. The molecule has 0 aliphatic carbocycles. The van der Waals surface area contributed by atoms with Gasteiger partial charge in [0.05, 0.1) is 6.04 Å². The molecule has 2 saturated heterocycles. The lowest BCUT2D eigenvalue weighted by molar-refractivity contribution is -0.141. The number of piperazine rings is 1. The monoisotopic (exact) mass is 253 g/mol. The Kier molecular flexibility index (Phi) is 4.62. The maximum atomic E-state index is 12.6. The summed E-state index contributed by atoms with van der Waals surface area (Å²) in [5.74, 6) is 0.967. The zero-order valence-corrected chi connectivity index (χ0v) is 12.0. The highest BCUT2D eigenvalue weighted by molar-refractivity contribution is 5.82. The van der Waals surface area contributed by atoms with E-state index in [9.17, 15) is 4.79 Å². The molecule has 1 N–H and O–H groups in total. The molecule has 18 heavy (non-hydrogen) atoms. The minimum Gasteiger partial charge on any atom is -0.338 e. The summed E-state index contributed by atoms with van der Waals surface area (Å²) in [6.07, 6.45) is 2.42. The third-order valence-electron chi connectivity index (χ3n) is 4.71. The number of piperidine rings is 1. The van der Waals surface area contributed by atoms with Crippen LogP contribution in [0.5, 0.6) is 0 Å². The molecule has 2 aliphatic heterocycles. The van der Waals surface area contributed by atoms with Crippen molar-refractivity contribution in [3.8, 4) is 0 Å². The van der Waals surface area contributed by atoms with Crippen LogP contribution in [0.15, 0.2) is 0 Å². The summed E-state index contributed by atoms with van der Waals surface area (Å²) in [5.41, 5.74) is 0. The van der Waals surface area contributed by atoms with Gasteiger partial charge in [0, 0.05) is 38.8 Å². The molecule has 4 nitrogen and oxygen atoms in total. The Morgan fingerprint density at radius 3 is 2.56 bits per heavy atom. The molecule has 0 saturated carbocycles. The van der Waals surface area contributed by atoms with E-state index in [0.29, 0.717) is 17.9 Å². The average molecular weight is 253 g/mol. The van der Waals surface area contributed by atoms with E-state index in [1.54, 1.807) is 0 Å². The average Bonchev–Trinajstić information content (AvgIpc) is 2.41. The van der Waals surface area contributed by atoms with Crippen LogP contribution >= 0.6 is 0 Å². The molecule has 2 rings (SSSR count). The van der Waals surface area contributed by atoms with Gasteiger partial charge in [-0.1, -0.05) is 6.92 Å². The second kappa shape index (κ2) is 6.02. The predicted molar refractivity (Wildman–Crippen MR) is 73.5 cm³/mol. The smallest absolute Gasteiger partial charge is 0.239 e. The fraction of sp³-hybridized carbons (Fsp3) is 0.929. The molecule has 2 heterocycles. The number of carbonyl (C=O) groups excluding carboxylic acids is 1. The maximum Gasteiger partial charge on any atom is 0.239 e. The van der Waals surface area contributed by atoms with Crippen molar-refractivity contribution >= 4 is 5.91 Å². The molecule has 104 valence electrons. The van der Waals surface area contributed by atoms with Gasteiger partial charge in [0.15, 0.2) is 0 Å². The van der Waals surface area contributed by atoms with E-state index >= 15 is 0 Å². The van der Waals surface area contributed by atoms with Crippen molar-refractivity contribution in [2.75, 3.05) is 32.7 Å². The van der Waals surface area contributed by atoms with Crippen molar-refractivity contribution < 1.29 is 4.79 Å². The Morgan fingerprint density at radius 1 is 1.22 bits per heavy atom. The van der Waals surface area contributed by atoms with Crippen molar-refractivity contribution in [2.45, 2.75) is 45.7 Å². The van der Waals surface area contributed by atoms with Crippen LogP contribution in [0.3, 0.4) is 0 Å². The number of nitrogens with one attached hydrogen (secondary N) is 1. The first-order chi connectivity index (χ1) is 8.61. The van der Waals surface area contributed by atoms with Crippen LogP contribution < -0.4 is 5.32 Å². The van der Waals surface area contributed by atoms with Gasteiger partial charge >= 0.3 is 0 Å². The van der Waals surface area contributed by atoms with E-state index < -0.39 is 0 Å². The first kappa shape index (κ1) is 13.8. The van der Waals surface area contributed by atoms with Crippen molar-refractivity contribution in [2.24, 2.45) is 5.92 Å². The molecule has 0 radical (unpaired) electrons. The summed E-state index contributed by atoms with van der Waals surface area (Å²) in [7, 11) is 0. The fourth-order valence-corrected chi connectivity index (χ4v) is 3.11. The Morgan fingerprint density at radius 2 is 1.89 bits per heavy atom. The number of hydrogen-bond acceptors (Lipinski definition) is 3. The molecule has 2 aliphatic rings. The predicted octanol–water partition coefficient (Wildman–Crippen LogP) is 0.927. The highest BCUT2D eigenvalue weighted by Gasteiger charge is 2.33. The molecule has 0 aromatic heterocycles. The summed E-state index contributed by atoms with van der Waals surface area (Å²) in [5, 5.41) is 3.34. The lowest BCUT2D eigenvalue weighted by Crippen LogP contribution is -2.56. The molecule has 3 unspecified atom stereocenters. The molecule has 3 atom stereocenters. The van der Waals surface area contributed by atoms with Crippen LogP contribution in [0.4, 0.5) is 0 Å². The summed E-state index contributed by atoms with van der Waals surface area (Å²) < 4.78 is 0. The molecule has 4 heteroatoms. The third kappa shape index (κ3) is 2.86. The van der Waals surface area contributed by atoms with E-state index in [-0.39, 0.29) is 6.04 Å². The minimum atomic E-state index is 0.0415. The quantitative estimate of drug-likeness (QED) is 0.795. The molecule has 0 aromatic carbocycles. The van der Waals surface area contributed by atoms with E-state index in [1.165, 1.54) is 6.42 Å². The molecule has 0 spiro atoms. The lowest BCUT2D eigenvalue weighted by atomic mass is 9.91. The summed E-state index contributed by atoms with van der Waals surface area (Å²) in [6.45, 7) is 11.5. The molecule has 0 aromatic rings. The van der Waals surface area contributed by atoms with Gasteiger partial charge in [-0.2, -0.15) is 0 Å². The van der Waals surface area contributed by atoms with E-state index in [0.717, 1.165) is 39.1 Å². The lowest BCUT2D eigenvalue weighted by Gasteiger charge is -2.41. The molecular weight excluding hydrogens is 226 g/mol. The highest BCUT2D eigenvalue weighted by Crippen LogP contribution is 2.24. The number of hydrogen-bond donors (Lipinski definition) is 1.